The van der Waals surface area contributed by atoms with Crippen LogP contribution in [0.15, 0.2) is 72.8 Å². The number of rotatable bonds is 10. The van der Waals surface area contributed by atoms with Crippen molar-refractivity contribution in [2.24, 2.45) is 0 Å². The van der Waals surface area contributed by atoms with Gasteiger partial charge in [-0.1, -0.05) is 86.7 Å². The van der Waals surface area contributed by atoms with Gasteiger partial charge in [0.05, 0.1) is 17.8 Å². The number of carbonyl (C=O) groups excluding carboxylic acids is 2. The summed E-state index contributed by atoms with van der Waals surface area (Å²) in [5.41, 5.74) is 9.54. The van der Waals surface area contributed by atoms with E-state index in [1.165, 1.54) is 71.5 Å². The lowest BCUT2D eigenvalue weighted by molar-refractivity contribution is -0.137. The fraction of sp³-hybridized carbons (Fsp3) is 0.429. The van der Waals surface area contributed by atoms with Gasteiger partial charge in [0.15, 0.2) is 0 Å². The predicted molar refractivity (Wildman–Crippen MR) is 194 cm³/mol. The molecule has 0 bridgehead atoms. The third-order valence-electron chi connectivity index (χ3n) is 10.9. The Balaban J connectivity index is 1.11. The monoisotopic (exact) mass is 643 g/mol. The Morgan fingerprint density at radius 1 is 0.938 bits per heavy atom. The number of aryl methyl sites for hydroxylation is 2. The second-order valence-electron chi connectivity index (χ2n) is 14.1. The van der Waals surface area contributed by atoms with E-state index in [2.05, 4.69) is 69.8 Å². The van der Waals surface area contributed by atoms with Crippen molar-refractivity contribution in [1.82, 2.24) is 15.2 Å². The van der Waals surface area contributed by atoms with E-state index >= 15 is 0 Å². The lowest BCUT2D eigenvalue weighted by Gasteiger charge is -2.31. The predicted octanol–water partition coefficient (Wildman–Crippen LogP) is 8.71. The van der Waals surface area contributed by atoms with Crippen LogP contribution in [0, 0.1) is 0 Å². The highest BCUT2D eigenvalue weighted by molar-refractivity contribution is 6.01. The fourth-order valence-electron chi connectivity index (χ4n) is 8.56. The average Bonchev–Trinajstić information content (AvgIpc) is 3.64. The molecule has 2 saturated carbocycles. The Labute approximate surface area is 285 Å². The van der Waals surface area contributed by atoms with Crippen LogP contribution in [0.5, 0.6) is 0 Å². The standard InChI is InChI=1S/C42H49N3O3/c1-2-48-38(46)22-19-30-12-10-13-31(26-30)28-43-29-42(23-8-9-24-42)44-41(47)34-20-21-36-37(27-34)45-25-11-17-32-14-6-7-18-35(32)40(45)39(36)33-15-4-3-5-16-33/h6-7,10,12-14,18-22,26-27,33,43H,2-5,8-9,11,15-17,23-25,28-29H2,1H3,(H,44,47)/b22-19+. The number of esters is 1. The summed E-state index contributed by atoms with van der Waals surface area (Å²) in [4.78, 5) is 25.8. The average molecular weight is 644 g/mol. The van der Waals surface area contributed by atoms with Crippen LogP contribution in [0.2, 0.25) is 0 Å². The van der Waals surface area contributed by atoms with Gasteiger partial charge in [0.2, 0.25) is 0 Å². The Morgan fingerprint density at radius 2 is 1.77 bits per heavy atom. The zero-order valence-electron chi connectivity index (χ0n) is 28.4. The van der Waals surface area contributed by atoms with Gasteiger partial charge in [-0.3, -0.25) is 4.79 Å². The van der Waals surface area contributed by atoms with E-state index in [0.717, 1.165) is 61.8 Å². The summed E-state index contributed by atoms with van der Waals surface area (Å²) in [5.74, 6) is 0.266. The van der Waals surface area contributed by atoms with Crippen LogP contribution in [-0.4, -0.2) is 35.1 Å². The molecule has 1 amide bonds. The van der Waals surface area contributed by atoms with Crippen LogP contribution in [0.4, 0.5) is 0 Å². The van der Waals surface area contributed by atoms with Crippen molar-refractivity contribution in [3.05, 3.63) is 101 Å². The first-order valence-corrected chi connectivity index (χ1v) is 18.2. The highest BCUT2D eigenvalue weighted by Gasteiger charge is 2.36. The van der Waals surface area contributed by atoms with Crippen molar-refractivity contribution in [3.63, 3.8) is 0 Å². The number of nitrogens with one attached hydrogen (secondary N) is 2. The zero-order valence-corrected chi connectivity index (χ0v) is 28.4. The molecule has 0 saturated heterocycles. The molecule has 0 atom stereocenters. The molecule has 0 radical (unpaired) electrons. The number of aromatic nitrogens is 1. The molecule has 3 aromatic carbocycles. The minimum Gasteiger partial charge on any atom is -0.463 e. The van der Waals surface area contributed by atoms with Crippen molar-refractivity contribution in [2.75, 3.05) is 13.2 Å². The summed E-state index contributed by atoms with van der Waals surface area (Å²) in [7, 11) is 0. The highest BCUT2D eigenvalue weighted by Crippen LogP contribution is 2.46. The number of hydrogen-bond acceptors (Lipinski definition) is 4. The summed E-state index contributed by atoms with van der Waals surface area (Å²) in [6.07, 6.45) is 16.1. The van der Waals surface area contributed by atoms with Crippen molar-refractivity contribution in [3.8, 4) is 11.3 Å². The highest BCUT2D eigenvalue weighted by atomic mass is 16.5. The minimum atomic E-state index is -0.332. The topological polar surface area (TPSA) is 72.4 Å². The van der Waals surface area contributed by atoms with Gasteiger partial charge in [-0.15, -0.1) is 0 Å². The summed E-state index contributed by atoms with van der Waals surface area (Å²) in [6.45, 7) is 4.55. The SMILES string of the molecule is CCOC(=O)/C=C/c1cccc(CNCC2(NC(=O)c3ccc4c(C5CCCCC5)c5n(c4c3)CCCc3ccccc3-5)CCCC2)c1. The van der Waals surface area contributed by atoms with Crippen LogP contribution in [0.25, 0.3) is 28.2 Å². The molecule has 48 heavy (non-hydrogen) atoms. The summed E-state index contributed by atoms with van der Waals surface area (Å²) in [5, 5.41) is 8.50. The second kappa shape index (κ2) is 14.5. The molecule has 2 heterocycles. The van der Waals surface area contributed by atoms with Crippen molar-refractivity contribution >= 4 is 28.9 Å². The van der Waals surface area contributed by atoms with Crippen LogP contribution in [0.1, 0.15) is 110 Å². The van der Waals surface area contributed by atoms with Gasteiger partial charge in [0.1, 0.15) is 0 Å². The maximum atomic E-state index is 14.1. The maximum Gasteiger partial charge on any atom is 0.330 e. The number of nitrogens with zero attached hydrogens (tertiary/aromatic N) is 1. The van der Waals surface area contributed by atoms with Crippen molar-refractivity contribution in [1.29, 1.82) is 0 Å². The Kier molecular flexibility index (Phi) is 9.81. The van der Waals surface area contributed by atoms with E-state index in [-0.39, 0.29) is 17.4 Å². The lowest BCUT2D eigenvalue weighted by Crippen LogP contribution is -2.52. The Hall–Kier alpha value is -4.16. The molecule has 1 aromatic heterocycles. The normalized spacial score (nSPS) is 17.6. The van der Waals surface area contributed by atoms with Gasteiger partial charge in [-0.05, 0) is 91.8 Å². The third-order valence-corrected chi connectivity index (χ3v) is 10.9. The number of fused-ring (bicyclic) bond motifs is 5. The van der Waals surface area contributed by atoms with Gasteiger partial charge >= 0.3 is 5.97 Å². The van der Waals surface area contributed by atoms with E-state index < -0.39 is 0 Å². The molecule has 0 unspecified atom stereocenters. The van der Waals surface area contributed by atoms with Gasteiger partial charge in [-0.25, -0.2) is 4.79 Å². The maximum absolute atomic E-state index is 14.1. The van der Waals surface area contributed by atoms with Crippen molar-refractivity contribution in [2.45, 2.75) is 102 Å². The Bertz CT molecular complexity index is 1810. The van der Waals surface area contributed by atoms with Crippen LogP contribution >= 0.6 is 0 Å². The molecule has 250 valence electrons. The molecule has 2 aliphatic carbocycles. The molecular formula is C42H49N3O3. The second-order valence-corrected chi connectivity index (χ2v) is 14.1. The van der Waals surface area contributed by atoms with Crippen LogP contribution in [-0.2, 0) is 29.0 Å². The summed E-state index contributed by atoms with van der Waals surface area (Å²) in [6, 6.07) is 23.6. The van der Waals surface area contributed by atoms with Crippen LogP contribution in [0.3, 0.4) is 0 Å². The van der Waals surface area contributed by atoms with E-state index in [1.807, 2.05) is 12.1 Å². The van der Waals surface area contributed by atoms with E-state index in [0.29, 0.717) is 25.6 Å². The number of amides is 1. The first kappa shape index (κ1) is 32.4. The van der Waals surface area contributed by atoms with Gasteiger partial charge in [0, 0.05) is 47.7 Å². The summed E-state index contributed by atoms with van der Waals surface area (Å²) >= 11 is 0. The molecule has 7 rings (SSSR count). The Morgan fingerprint density at radius 3 is 2.60 bits per heavy atom. The smallest absolute Gasteiger partial charge is 0.330 e. The molecule has 3 aliphatic rings. The molecule has 2 fully saturated rings. The third kappa shape index (κ3) is 6.86. The summed E-state index contributed by atoms with van der Waals surface area (Å²) < 4.78 is 7.55. The molecule has 6 nitrogen and oxygen atoms in total. The van der Waals surface area contributed by atoms with Gasteiger partial charge < -0.3 is 19.9 Å². The first-order chi connectivity index (χ1) is 23.5. The van der Waals surface area contributed by atoms with E-state index in [9.17, 15) is 9.59 Å². The fourth-order valence-corrected chi connectivity index (χ4v) is 8.56. The molecule has 0 spiro atoms. The first-order valence-electron chi connectivity index (χ1n) is 18.2. The molecule has 6 heteroatoms. The number of carbonyl (C=O) groups is 2. The van der Waals surface area contributed by atoms with E-state index in [4.69, 9.17) is 4.74 Å². The quantitative estimate of drug-likeness (QED) is 0.134. The lowest BCUT2D eigenvalue weighted by atomic mass is 9.81. The number of hydrogen-bond donors (Lipinski definition) is 2. The largest absolute Gasteiger partial charge is 0.463 e. The molecule has 1 aliphatic heterocycles. The van der Waals surface area contributed by atoms with Gasteiger partial charge in [-0.2, -0.15) is 0 Å². The van der Waals surface area contributed by atoms with Gasteiger partial charge in [0.25, 0.3) is 5.91 Å². The zero-order chi connectivity index (χ0) is 32.9. The molecular weight excluding hydrogens is 594 g/mol. The van der Waals surface area contributed by atoms with E-state index in [1.54, 1.807) is 13.0 Å². The molecule has 4 aromatic rings. The number of ether oxygens (including phenoxy) is 1. The van der Waals surface area contributed by atoms with Crippen molar-refractivity contribution < 1.29 is 14.3 Å². The molecule has 2 N–H and O–H groups in total. The minimum absolute atomic E-state index is 0.0236. The van der Waals surface area contributed by atoms with Crippen LogP contribution < -0.4 is 10.6 Å². The number of benzene rings is 3.